The van der Waals surface area contributed by atoms with Gasteiger partial charge in [0.2, 0.25) is 0 Å². The zero-order chi connectivity index (χ0) is 32.6. The first-order valence-corrected chi connectivity index (χ1v) is 16.1. The first-order valence-electron chi connectivity index (χ1n) is 16.1. The molecule has 2 aliphatic rings. The Morgan fingerprint density at radius 1 is 0.826 bits per heavy atom. The summed E-state index contributed by atoms with van der Waals surface area (Å²) in [5.74, 6) is 1.61. The van der Waals surface area contributed by atoms with Crippen molar-refractivity contribution in [2.24, 2.45) is 0 Å². The van der Waals surface area contributed by atoms with Gasteiger partial charge in [0.05, 0.1) is 19.8 Å². The van der Waals surface area contributed by atoms with Crippen molar-refractivity contribution in [2.45, 2.75) is 77.6 Å². The number of hydrogen-bond acceptors (Lipinski definition) is 7. The van der Waals surface area contributed by atoms with Crippen LogP contribution in [0.1, 0.15) is 81.4 Å². The maximum Gasteiger partial charge on any atom is 0.303 e. The van der Waals surface area contributed by atoms with E-state index in [0.717, 1.165) is 67.2 Å². The number of carboxylic acids is 2. The van der Waals surface area contributed by atoms with Crippen LogP contribution in [0.4, 0.5) is 0 Å². The second-order valence-electron chi connectivity index (χ2n) is 11.1. The van der Waals surface area contributed by atoms with E-state index in [1.165, 1.54) is 0 Å². The smallest absolute Gasteiger partial charge is 0.303 e. The minimum atomic E-state index is -0.864. The Hall–Kier alpha value is -4.66. The number of carboxylic acid groups (broad SMARTS) is 2. The van der Waals surface area contributed by atoms with E-state index in [9.17, 15) is 14.7 Å². The zero-order valence-corrected chi connectivity index (χ0v) is 26.5. The van der Waals surface area contributed by atoms with Crippen LogP contribution in [0.5, 0.6) is 17.2 Å². The van der Waals surface area contributed by atoms with E-state index < -0.39 is 11.9 Å². The van der Waals surface area contributed by atoms with Gasteiger partial charge < -0.3 is 33.9 Å². The number of ether oxygens (including phenoxy) is 5. The van der Waals surface area contributed by atoms with Gasteiger partial charge in [0.1, 0.15) is 29.8 Å². The van der Waals surface area contributed by atoms with E-state index >= 15 is 0 Å². The summed E-state index contributed by atoms with van der Waals surface area (Å²) in [7, 11) is 0. The summed E-state index contributed by atoms with van der Waals surface area (Å²) in [6.07, 6.45) is 16.7. The Kier molecular flexibility index (Phi) is 13.6. The molecule has 0 aromatic heterocycles. The first-order chi connectivity index (χ1) is 22.4. The molecule has 1 heterocycles. The summed E-state index contributed by atoms with van der Waals surface area (Å²) in [6.45, 7) is 3.30. The molecule has 0 unspecified atom stereocenters. The van der Waals surface area contributed by atoms with E-state index in [2.05, 4.69) is 6.08 Å². The summed E-state index contributed by atoms with van der Waals surface area (Å²) in [4.78, 5) is 22.1. The second-order valence-corrected chi connectivity index (χ2v) is 11.1. The summed E-state index contributed by atoms with van der Waals surface area (Å²) in [5, 5.41) is 18.1. The molecule has 0 bridgehead atoms. The third-order valence-corrected chi connectivity index (χ3v) is 7.60. The number of rotatable bonds is 20. The van der Waals surface area contributed by atoms with Crippen LogP contribution in [0.25, 0.3) is 5.76 Å². The molecule has 1 aliphatic carbocycles. The standard InChI is InChI=1S/C37H44O9/c1-2-43-30-22-29(35-26-42-25-34(46-35)28-13-7-5-8-14-28)23-31(24-30)44-20-9-4-3-6-12-27-15-10-16-33(32(27)18-19-37(40)41)45-21-11-17-36(38)39/h5,7,10,13,15-16,22-26H,2-4,6,8-9,11-12,14,17-21H2,1H3,(H,38,39)(H,40,41). The van der Waals surface area contributed by atoms with Crippen molar-refractivity contribution < 1.29 is 43.5 Å². The SMILES string of the molecule is CCOc1cc(OCCCCCCc2cccc(OCCCC(=O)O)c2CCC(=O)O)cc(C2=COC=C(C3=CC=CCC3)O2)c1. The molecule has 2 aromatic rings. The Bertz CT molecular complexity index is 1450. The number of aryl methyl sites for hydroxylation is 1. The molecule has 0 saturated carbocycles. The van der Waals surface area contributed by atoms with E-state index in [1.54, 1.807) is 12.5 Å². The summed E-state index contributed by atoms with van der Waals surface area (Å²) >= 11 is 0. The second kappa shape index (κ2) is 18.3. The number of carbonyl (C=O) groups is 2. The molecule has 0 radical (unpaired) electrons. The first kappa shape index (κ1) is 34.2. The fraction of sp³-hybridized carbons (Fsp3) is 0.405. The van der Waals surface area contributed by atoms with Crippen LogP contribution in [0, 0.1) is 0 Å². The quantitative estimate of drug-likeness (QED) is 0.140. The maximum absolute atomic E-state index is 11.3. The van der Waals surface area contributed by atoms with Gasteiger partial charge in [0, 0.05) is 24.5 Å². The highest BCUT2D eigenvalue weighted by Crippen LogP contribution is 2.34. The number of allylic oxidation sites excluding steroid dienone is 4. The number of hydrogen-bond donors (Lipinski definition) is 2. The lowest BCUT2D eigenvalue weighted by molar-refractivity contribution is -0.138. The van der Waals surface area contributed by atoms with Crippen molar-refractivity contribution in [3.63, 3.8) is 0 Å². The predicted octanol–water partition coefficient (Wildman–Crippen LogP) is 7.99. The molecule has 1 aliphatic heterocycles. The summed E-state index contributed by atoms with van der Waals surface area (Å²) in [5.41, 5.74) is 3.87. The molecule has 46 heavy (non-hydrogen) atoms. The minimum absolute atomic E-state index is 0.00995. The van der Waals surface area contributed by atoms with Crippen LogP contribution in [0.3, 0.4) is 0 Å². The zero-order valence-electron chi connectivity index (χ0n) is 26.5. The van der Waals surface area contributed by atoms with E-state index in [0.29, 0.717) is 54.8 Å². The van der Waals surface area contributed by atoms with Crippen molar-refractivity contribution in [3.8, 4) is 17.2 Å². The van der Waals surface area contributed by atoms with Crippen LogP contribution in [0.2, 0.25) is 0 Å². The number of unbranched alkanes of at least 4 members (excludes halogenated alkanes) is 3. The highest BCUT2D eigenvalue weighted by molar-refractivity contribution is 5.68. The number of benzene rings is 2. The minimum Gasteiger partial charge on any atom is -0.494 e. The average Bonchev–Trinajstić information content (AvgIpc) is 3.06. The Labute approximate surface area is 270 Å². The lowest BCUT2D eigenvalue weighted by Gasteiger charge is -2.20. The predicted molar refractivity (Wildman–Crippen MR) is 175 cm³/mol. The fourth-order valence-electron chi connectivity index (χ4n) is 5.31. The molecule has 0 fully saturated rings. The van der Waals surface area contributed by atoms with Gasteiger partial charge in [0.25, 0.3) is 0 Å². The van der Waals surface area contributed by atoms with Crippen molar-refractivity contribution in [2.75, 3.05) is 19.8 Å². The molecule has 2 aromatic carbocycles. The lowest BCUT2D eigenvalue weighted by atomic mass is 9.97. The van der Waals surface area contributed by atoms with Crippen LogP contribution in [0.15, 0.2) is 78.5 Å². The third kappa shape index (κ3) is 11.1. The summed E-state index contributed by atoms with van der Waals surface area (Å²) in [6, 6.07) is 11.5. The van der Waals surface area contributed by atoms with E-state index in [1.807, 2.05) is 55.5 Å². The molecule has 0 atom stereocenters. The molecule has 0 saturated heterocycles. The van der Waals surface area contributed by atoms with E-state index in [4.69, 9.17) is 28.8 Å². The van der Waals surface area contributed by atoms with Crippen molar-refractivity contribution in [1.29, 1.82) is 0 Å². The molecule has 9 nitrogen and oxygen atoms in total. The van der Waals surface area contributed by atoms with Gasteiger partial charge >= 0.3 is 11.9 Å². The van der Waals surface area contributed by atoms with Crippen molar-refractivity contribution in [1.82, 2.24) is 0 Å². The molecular weight excluding hydrogens is 588 g/mol. The van der Waals surface area contributed by atoms with Gasteiger partial charge in [-0.15, -0.1) is 0 Å². The Morgan fingerprint density at radius 3 is 2.35 bits per heavy atom. The molecule has 0 amide bonds. The fourth-order valence-corrected chi connectivity index (χ4v) is 5.31. The average molecular weight is 633 g/mol. The topological polar surface area (TPSA) is 121 Å². The molecule has 246 valence electrons. The summed E-state index contributed by atoms with van der Waals surface area (Å²) < 4.78 is 29.6. The largest absolute Gasteiger partial charge is 0.494 e. The van der Waals surface area contributed by atoms with Gasteiger partial charge in [-0.25, -0.2) is 0 Å². The molecule has 9 heteroatoms. The maximum atomic E-state index is 11.3. The van der Waals surface area contributed by atoms with Crippen LogP contribution < -0.4 is 14.2 Å². The van der Waals surface area contributed by atoms with Crippen LogP contribution in [-0.2, 0) is 31.9 Å². The monoisotopic (exact) mass is 632 g/mol. The highest BCUT2D eigenvalue weighted by Gasteiger charge is 2.18. The lowest BCUT2D eigenvalue weighted by Crippen LogP contribution is -2.07. The normalized spacial score (nSPS) is 13.9. The number of aliphatic carboxylic acids is 2. The van der Waals surface area contributed by atoms with Gasteiger partial charge in [-0.2, -0.15) is 0 Å². The van der Waals surface area contributed by atoms with E-state index in [-0.39, 0.29) is 19.4 Å². The highest BCUT2D eigenvalue weighted by atomic mass is 16.5. The van der Waals surface area contributed by atoms with Crippen molar-refractivity contribution >= 4 is 17.7 Å². The van der Waals surface area contributed by atoms with Gasteiger partial charge in [-0.05, 0) is 86.8 Å². The molecule has 0 spiro atoms. The van der Waals surface area contributed by atoms with Gasteiger partial charge in [0.15, 0.2) is 11.5 Å². The Balaban J connectivity index is 1.26. The van der Waals surface area contributed by atoms with Crippen LogP contribution >= 0.6 is 0 Å². The van der Waals surface area contributed by atoms with Gasteiger partial charge in [-0.3, -0.25) is 9.59 Å². The third-order valence-electron chi connectivity index (χ3n) is 7.60. The molecule has 2 N–H and O–H groups in total. The van der Waals surface area contributed by atoms with Crippen LogP contribution in [-0.4, -0.2) is 42.0 Å². The molecular formula is C37H44O9. The van der Waals surface area contributed by atoms with Gasteiger partial charge in [-0.1, -0.05) is 43.2 Å². The Morgan fingerprint density at radius 2 is 1.59 bits per heavy atom. The van der Waals surface area contributed by atoms with Crippen molar-refractivity contribution in [3.05, 3.63) is 95.2 Å². The molecule has 4 rings (SSSR count).